The van der Waals surface area contributed by atoms with Crippen molar-refractivity contribution in [3.63, 3.8) is 0 Å². The highest BCUT2D eigenvalue weighted by atomic mass is 16.1. The van der Waals surface area contributed by atoms with Crippen LogP contribution in [0, 0.1) is 11.3 Å². The van der Waals surface area contributed by atoms with Crippen molar-refractivity contribution >= 4 is 23.3 Å². The molecule has 0 atom stereocenters. The van der Waals surface area contributed by atoms with Gasteiger partial charge in [0, 0.05) is 25.4 Å². The molecule has 2 aromatic heterocycles. The van der Waals surface area contributed by atoms with E-state index < -0.39 is 0 Å². The zero-order chi connectivity index (χ0) is 27.9. The molecular formula is C29H31N9O. The highest BCUT2D eigenvalue weighted by Gasteiger charge is 2.22. The number of aromatic nitrogens is 4. The topological polar surface area (TPSA) is 130 Å². The van der Waals surface area contributed by atoms with Crippen molar-refractivity contribution in [1.82, 2.24) is 24.2 Å². The number of fused-ring (bicyclic) bond motifs is 1. The molecule has 39 heavy (non-hydrogen) atoms. The lowest BCUT2D eigenvalue weighted by atomic mass is 10.0. The molecular weight excluding hydrogens is 490 g/mol. The van der Waals surface area contributed by atoms with Gasteiger partial charge >= 0.3 is 0 Å². The van der Waals surface area contributed by atoms with Crippen molar-refractivity contribution in [2.24, 2.45) is 22.8 Å². The van der Waals surface area contributed by atoms with E-state index in [1.54, 1.807) is 22.4 Å². The SMILES string of the molecule is C=N/C(=C(/C#N)C(C)=NCN)N(CCC)Cc1nc2cccc(-c3cnn(C)c3)c2c(=O)n1-c1ccccc1. The summed E-state index contributed by atoms with van der Waals surface area (Å²) >= 11 is 0. The fourth-order valence-electron chi connectivity index (χ4n) is 4.57. The predicted molar refractivity (Wildman–Crippen MR) is 155 cm³/mol. The Labute approximate surface area is 227 Å². The molecule has 2 N–H and O–H groups in total. The minimum Gasteiger partial charge on any atom is -0.348 e. The van der Waals surface area contributed by atoms with Gasteiger partial charge in [-0.05, 0) is 43.8 Å². The van der Waals surface area contributed by atoms with Crippen LogP contribution in [-0.4, -0.2) is 49.9 Å². The van der Waals surface area contributed by atoms with Crippen LogP contribution < -0.4 is 11.3 Å². The summed E-state index contributed by atoms with van der Waals surface area (Å²) in [6, 6.07) is 17.2. The van der Waals surface area contributed by atoms with Crippen LogP contribution in [0.4, 0.5) is 0 Å². The lowest BCUT2D eigenvalue weighted by Gasteiger charge is -2.26. The van der Waals surface area contributed by atoms with E-state index in [4.69, 9.17) is 10.7 Å². The zero-order valence-corrected chi connectivity index (χ0v) is 22.4. The van der Waals surface area contributed by atoms with Crippen LogP contribution in [0.2, 0.25) is 0 Å². The number of rotatable bonds is 10. The maximum atomic E-state index is 14.3. The molecule has 0 spiro atoms. The number of para-hydroxylation sites is 1. The molecule has 198 valence electrons. The lowest BCUT2D eigenvalue weighted by Crippen LogP contribution is -2.31. The number of allylic oxidation sites excluding steroid dienone is 1. The first-order valence-electron chi connectivity index (χ1n) is 12.6. The molecule has 4 aromatic rings. The van der Waals surface area contributed by atoms with E-state index in [-0.39, 0.29) is 24.3 Å². The average Bonchev–Trinajstić information content (AvgIpc) is 3.37. The number of aliphatic imine (C=N–C) groups is 2. The van der Waals surface area contributed by atoms with E-state index in [0.29, 0.717) is 40.5 Å². The standard InChI is InChI=1S/C29H31N9O/c1-5-14-37(28(32-3)24(15-30)20(2)33-19-31)18-26-35-25-13-9-12-23(21-16-34-36(4)17-21)27(25)29(39)38(26)22-10-7-6-8-11-22/h6-13,16-17H,3,5,14,18-19,31H2,1-2,4H3/b28-24+,33-20?. The molecule has 10 heteroatoms. The fourth-order valence-corrected chi connectivity index (χ4v) is 4.57. The Bertz CT molecular complexity index is 1660. The van der Waals surface area contributed by atoms with E-state index in [9.17, 15) is 10.1 Å². The smallest absolute Gasteiger partial charge is 0.266 e. The molecule has 0 aliphatic rings. The number of aryl methyl sites for hydroxylation is 1. The van der Waals surface area contributed by atoms with Gasteiger partial charge in [-0.1, -0.05) is 37.3 Å². The Morgan fingerprint density at radius 1 is 1.21 bits per heavy atom. The summed E-state index contributed by atoms with van der Waals surface area (Å²) in [5.74, 6) is 0.870. The first-order chi connectivity index (χ1) is 18.9. The first kappa shape index (κ1) is 27.2. The molecule has 0 unspecified atom stereocenters. The van der Waals surface area contributed by atoms with Crippen LogP contribution in [0.1, 0.15) is 26.1 Å². The van der Waals surface area contributed by atoms with Crippen molar-refractivity contribution in [3.05, 3.63) is 88.5 Å². The van der Waals surface area contributed by atoms with Gasteiger partial charge in [0.05, 0.1) is 41.7 Å². The molecule has 0 saturated carbocycles. The molecule has 0 saturated heterocycles. The number of nitrogens with two attached hydrogens (primary N) is 1. The summed E-state index contributed by atoms with van der Waals surface area (Å²) in [5, 5.41) is 14.7. The Hall–Kier alpha value is -4.88. The van der Waals surface area contributed by atoms with Crippen LogP contribution in [-0.2, 0) is 13.6 Å². The molecule has 10 nitrogen and oxygen atoms in total. The van der Waals surface area contributed by atoms with Gasteiger partial charge in [0.25, 0.3) is 5.56 Å². The van der Waals surface area contributed by atoms with Gasteiger partial charge in [-0.3, -0.25) is 19.0 Å². The number of nitrogens with zero attached hydrogens (tertiary/aromatic N) is 8. The van der Waals surface area contributed by atoms with Gasteiger partial charge in [-0.2, -0.15) is 10.4 Å². The molecule has 2 aromatic carbocycles. The number of hydrogen-bond donors (Lipinski definition) is 1. The molecule has 0 aliphatic carbocycles. The van der Waals surface area contributed by atoms with Crippen LogP contribution >= 0.6 is 0 Å². The molecule has 4 rings (SSSR count). The molecule has 2 heterocycles. The van der Waals surface area contributed by atoms with Crippen LogP contribution in [0.5, 0.6) is 0 Å². The Balaban J connectivity index is 1.99. The van der Waals surface area contributed by atoms with Crippen LogP contribution in [0.25, 0.3) is 27.7 Å². The molecule has 0 bridgehead atoms. The van der Waals surface area contributed by atoms with E-state index in [0.717, 1.165) is 17.5 Å². The minimum atomic E-state index is -0.199. The molecule has 0 radical (unpaired) electrons. The average molecular weight is 522 g/mol. The fraction of sp³-hybridized carbons (Fsp3) is 0.241. The molecule has 0 aliphatic heterocycles. The first-order valence-corrected chi connectivity index (χ1v) is 12.6. The van der Waals surface area contributed by atoms with Gasteiger partial charge in [0.1, 0.15) is 23.3 Å². The van der Waals surface area contributed by atoms with E-state index in [1.165, 1.54) is 0 Å². The van der Waals surface area contributed by atoms with E-state index in [2.05, 4.69) is 27.9 Å². The number of nitriles is 1. The normalized spacial score (nSPS) is 12.2. The third kappa shape index (κ3) is 5.54. The van der Waals surface area contributed by atoms with Crippen molar-refractivity contribution in [1.29, 1.82) is 5.26 Å². The Morgan fingerprint density at radius 3 is 2.59 bits per heavy atom. The highest BCUT2D eigenvalue weighted by molar-refractivity contribution is 6.02. The quantitative estimate of drug-likeness (QED) is 0.249. The summed E-state index contributed by atoms with van der Waals surface area (Å²) in [4.78, 5) is 29.6. The maximum Gasteiger partial charge on any atom is 0.266 e. The summed E-state index contributed by atoms with van der Waals surface area (Å²) in [7, 11) is 1.84. The second-order valence-corrected chi connectivity index (χ2v) is 8.92. The maximum absolute atomic E-state index is 14.3. The Morgan fingerprint density at radius 2 is 1.97 bits per heavy atom. The van der Waals surface area contributed by atoms with Gasteiger partial charge in [0.2, 0.25) is 0 Å². The third-order valence-corrected chi connectivity index (χ3v) is 6.30. The summed E-state index contributed by atoms with van der Waals surface area (Å²) < 4.78 is 3.33. The van der Waals surface area contributed by atoms with Crippen LogP contribution in [0.15, 0.2) is 87.1 Å². The van der Waals surface area contributed by atoms with Crippen molar-refractivity contribution in [2.75, 3.05) is 13.2 Å². The predicted octanol–water partition coefficient (Wildman–Crippen LogP) is 3.81. The van der Waals surface area contributed by atoms with Gasteiger partial charge in [-0.15, -0.1) is 0 Å². The largest absolute Gasteiger partial charge is 0.348 e. The monoisotopic (exact) mass is 521 g/mol. The summed E-state index contributed by atoms with van der Waals surface area (Å²) in [6.07, 6.45) is 4.37. The summed E-state index contributed by atoms with van der Waals surface area (Å²) in [6.45, 7) is 8.28. The Kier molecular flexibility index (Phi) is 8.43. The van der Waals surface area contributed by atoms with E-state index >= 15 is 0 Å². The van der Waals surface area contributed by atoms with Crippen LogP contribution in [0.3, 0.4) is 0 Å². The molecule has 0 fully saturated rings. The van der Waals surface area contributed by atoms with Gasteiger partial charge < -0.3 is 10.6 Å². The van der Waals surface area contributed by atoms with Gasteiger partial charge in [-0.25, -0.2) is 9.98 Å². The molecule has 0 amide bonds. The highest BCUT2D eigenvalue weighted by Crippen LogP contribution is 2.27. The second-order valence-electron chi connectivity index (χ2n) is 8.92. The van der Waals surface area contributed by atoms with Crippen molar-refractivity contribution in [2.45, 2.75) is 26.8 Å². The zero-order valence-electron chi connectivity index (χ0n) is 22.4. The number of hydrogen-bond acceptors (Lipinski definition) is 8. The second kappa shape index (κ2) is 12.1. The third-order valence-electron chi connectivity index (χ3n) is 6.30. The van der Waals surface area contributed by atoms with Crippen molar-refractivity contribution in [3.8, 4) is 22.9 Å². The minimum absolute atomic E-state index is 0.0499. The van der Waals surface area contributed by atoms with Gasteiger partial charge in [0.15, 0.2) is 0 Å². The van der Waals surface area contributed by atoms with E-state index in [1.807, 2.05) is 73.6 Å². The summed E-state index contributed by atoms with van der Waals surface area (Å²) in [5.41, 5.74) is 8.98. The number of benzene rings is 2. The van der Waals surface area contributed by atoms with Crippen molar-refractivity contribution < 1.29 is 0 Å². The lowest BCUT2D eigenvalue weighted by molar-refractivity contribution is 0.322.